The van der Waals surface area contributed by atoms with E-state index in [1.165, 1.54) is 16.9 Å². The highest BCUT2D eigenvalue weighted by Gasteiger charge is 2.04. The van der Waals surface area contributed by atoms with Gasteiger partial charge in [-0.3, -0.25) is 9.97 Å². The second kappa shape index (κ2) is 11.2. The predicted octanol–water partition coefficient (Wildman–Crippen LogP) is 5.36. The first-order valence-electron chi connectivity index (χ1n) is 6.92. The minimum atomic E-state index is 0. The summed E-state index contributed by atoms with van der Waals surface area (Å²) >= 11 is 9.72. The lowest BCUT2D eigenvalue weighted by Gasteiger charge is -2.08. The van der Waals surface area contributed by atoms with Crippen molar-refractivity contribution in [3.63, 3.8) is 0 Å². The maximum absolute atomic E-state index is 5.88. The fraction of sp³-hybridized carbons (Fsp3) is 0.375. The molecule has 0 aliphatic carbocycles. The van der Waals surface area contributed by atoms with Crippen molar-refractivity contribution in [3.05, 3.63) is 53.6 Å². The van der Waals surface area contributed by atoms with Crippen LogP contribution in [0.5, 0.6) is 0 Å². The average Bonchev–Trinajstić information content (AvgIpc) is 2.53. The van der Waals surface area contributed by atoms with Gasteiger partial charge in [0, 0.05) is 23.0 Å². The van der Waals surface area contributed by atoms with Crippen LogP contribution in [0.4, 0.5) is 0 Å². The lowest BCUT2D eigenvalue weighted by molar-refractivity contribution is 1.06. The van der Waals surface area contributed by atoms with Crippen LogP contribution in [0.25, 0.3) is 0 Å². The molecule has 6 heteroatoms. The molecule has 0 spiro atoms. The Hall–Kier alpha value is -0.420. The lowest BCUT2D eigenvalue weighted by atomic mass is 10.2. The molecule has 2 aromatic heterocycles. The first kappa shape index (κ1) is 19.6. The molecule has 2 aromatic rings. The van der Waals surface area contributed by atoms with Crippen molar-refractivity contribution in [3.8, 4) is 0 Å². The molecule has 0 amide bonds. The molecule has 0 fully saturated rings. The molecule has 0 saturated heterocycles. The molecule has 2 nitrogen and oxygen atoms in total. The summed E-state index contributed by atoms with van der Waals surface area (Å²) in [6.45, 7) is 2.10. The Morgan fingerprint density at radius 3 is 2.68 bits per heavy atom. The van der Waals surface area contributed by atoms with E-state index in [1.807, 2.05) is 48.1 Å². The van der Waals surface area contributed by atoms with E-state index in [4.69, 9.17) is 11.6 Å². The third-order valence-electron chi connectivity index (χ3n) is 3.05. The van der Waals surface area contributed by atoms with Gasteiger partial charge in [0.05, 0.1) is 17.3 Å². The summed E-state index contributed by atoms with van der Waals surface area (Å²) in [7, 11) is 0. The van der Waals surface area contributed by atoms with E-state index in [0.29, 0.717) is 5.88 Å². The Labute approximate surface area is 152 Å². The van der Waals surface area contributed by atoms with Gasteiger partial charge in [-0.1, -0.05) is 6.07 Å². The predicted molar refractivity (Wildman–Crippen MR) is 102 cm³/mol. The fourth-order valence-electron chi connectivity index (χ4n) is 1.85. The monoisotopic (exact) mass is 374 g/mol. The van der Waals surface area contributed by atoms with Crippen molar-refractivity contribution in [1.82, 2.24) is 9.97 Å². The summed E-state index contributed by atoms with van der Waals surface area (Å²) in [5, 5.41) is 0. The van der Waals surface area contributed by atoms with E-state index < -0.39 is 0 Å². The molecule has 0 bridgehead atoms. The van der Waals surface area contributed by atoms with Gasteiger partial charge in [0.2, 0.25) is 0 Å². The third-order valence-corrected chi connectivity index (χ3v) is 5.63. The van der Waals surface area contributed by atoms with Crippen LogP contribution in [-0.2, 0) is 11.6 Å². The maximum atomic E-state index is 5.88. The number of hydrogen-bond donors (Lipinski definition) is 0. The van der Waals surface area contributed by atoms with Gasteiger partial charge < -0.3 is 0 Å². The van der Waals surface area contributed by atoms with Gasteiger partial charge in [0.1, 0.15) is 0 Å². The number of halogens is 2. The standard InChI is InChI=1S/C16H19ClN2S2.ClH/c1-13-15(11-17)19-8-6-16(13)21-10-4-9-20-12-14-5-2-3-7-18-14;/h2-3,5-8H,4,9-12H2,1H3;1H. The lowest BCUT2D eigenvalue weighted by Crippen LogP contribution is -1.93. The fourth-order valence-corrected chi connectivity index (χ4v) is 4.18. The highest BCUT2D eigenvalue weighted by atomic mass is 35.5. The number of nitrogens with zero attached hydrogens (tertiary/aromatic N) is 2. The van der Waals surface area contributed by atoms with Crippen molar-refractivity contribution in [1.29, 1.82) is 0 Å². The largest absolute Gasteiger partial charge is 0.260 e. The molecule has 0 atom stereocenters. The summed E-state index contributed by atoms with van der Waals surface area (Å²) in [5.74, 6) is 3.77. The van der Waals surface area contributed by atoms with Crippen LogP contribution in [0.3, 0.4) is 0 Å². The van der Waals surface area contributed by atoms with Crippen molar-refractivity contribution in [2.24, 2.45) is 0 Å². The van der Waals surface area contributed by atoms with Crippen molar-refractivity contribution in [2.45, 2.75) is 29.9 Å². The van der Waals surface area contributed by atoms with Crippen molar-refractivity contribution >= 4 is 47.5 Å². The number of thioether (sulfide) groups is 2. The summed E-state index contributed by atoms with van der Waals surface area (Å²) in [4.78, 5) is 9.92. The second-order valence-corrected chi connectivity index (χ2v) is 7.10. The first-order valence-corrected chi connectivity index (χ1v) is 9.59. The van der Waals surface area contributed by atoms with Crippen LogP contribution >= 0.6 is 47.5 Å². The quantitative estimate of drug-likeness (QED) is 0.352. The van der Waals surface area contributed by atoms with Crippen LogP contribution < -0.4 is 0 Å². The summed E-state index contributed by atoms with van der Waals surface area (Å²) < 4.78 is 0. The Morgan fingerprint density at radius 1 is 1.09 bits per heavy atom. The van der Waals surface area contributed by atoms with Crippen LogP contribution in [0.2, 0.25) is 0 Å². The molecule has 0 N–H and O–H groups in total. The highest BCUT2D eigenvalue weighted by Crippen LogP contribution is 2.25. The van der Waals surface area contributed by atoms with E-state index in [1.54, 1.807) is 0 Å². The maximum Gasteiger partial charge on any atom is 0.0650 e. The van der Waals surface area contributed by atoms with Crippen molar-refractivity contribution in [2.75, 3.05) is 11.5 Å². The zero-order chi connectivity index (χ0) is 14.9. The molecular formula is C16H20Cl2N2S2. The average molecular weight is 375 g/mol. The Balaban J connectivity index is 0.00000242. The zero-order valence-corrected chi connectivity index (χ0v) is 15.7. The zero-order valence-electron chi connectivity index (χ0n) is 12.5. The molecule has 0 unspecified atom stereocenters. The van der Waals surface area contributed by atoms with Gasteiger partial charge in [-0.2, -0.15) is 11.8 Å². The third kappa shape index (κ3) is 6.37. The number of alkyl halides is 1. The molecule has 120 valence electrons. The molecular weight excluding hydrogens is 355 g/mol. The van der Waals surface area contributed by atoms with E-state index in [2.05, 4.69) is 29.0 Å². The van der Waals surface area contributed by atoms with E-state index in [9.17, 15) is 0 Å². The van der Waals surface area contributed by atoms with Gasteiger partial charge in [-0.25, -0.2) is 0 Å². The van der Waals surface area contributed by atoms with E-state index >= 15 is 0 Å². The van der Waals surface area contributed by atoms with Gasteiger partial charge in [-0.15, -0.1) is 35.8 Å². The molecule has 0 aliphatic heterocycles. The number of hydrogen-bond acceptors (Lipinski definition) is 4. The Bertz CT molecular complexity index is 553. The smallest absolute Gasteiger partial charge is 0.0650 e. The van der Waals surface area contributed by atoms with Crippen molar-refractivity contribution < 1.29 is 0 Å². The Kier molecular flexibility index (Phi) is 9.96. The molecule has 0 radical (unpaired) electrons. The number of aromatic nitrogens is 2. The van der Waals surface area contributed by atoms with Gasteiger partial charge in [-0.05, 0) is 48.6 Å². The molecule has 0 aromatic carbocycles. The summed E-state index contributed by atoms with van der Waals surface area (Å²) in [6.07, 6.45) is 4.90. The van der Waals surface area contributed by atoms with Crippen LogP contribution in [-0.4, -0.2) is 21.5 Å². The van der Waals surface area contributed by atoms with Crippen LogP contribution in [0.15, 0.2) is 41.6 Å². The first-order chi connectivity index (χ1) is 10.3. The number of rotatable bonds is 8. The second-order valence-electron chi connectivity index (χ2n) is 4.59. The van der Waals surface area contributed by atoms with Gasteiger partial charge in [0.25, 0.3) is 0 Å². The molecule has 2 rings (SSSR count). The van der Waals surface area contributed by atoms with Gasteiger partial charge >= 0.3 is 0 Å². The van der Waals surface area contributed by atoms with Crippen LogP contribution in [0.1, 0.15) is 23.4 Å². The summed E-state index contributed by atoms with van der Waals surface area (Å²) in [6, 6.07) is 8.16. The molecule has 0 aliphatic rings. The number of pyridine rings is 2. The highest BCUT2D eigenvalue weighted by molar-refractivity contribution is 7.99. The SMILES string of the molecule is Cc1c(SCCCSCc2ccccn2)ccnc1CCl.Cl. The topological polar surface area (TPSA) is 25.8 Å². The Morgan fingerprint density at radius 2 is 1.95 bits per heavy atom. The summed E-state index contributed by atoms with van der Waals surface area (Å²) in [5.41, 5.74) is 3.37. The normalized spacial score (nSPS) is 10.3. The van der Waals surface area contributed by atoms with E-state index in [-0.39, 0.29) is 12.4 Å². The minimum absolute atomic E-state index is 0. The van der Waals surface area contributed by atoms with Gasteiger partial charge in [0.15, 0.2) is 0 Å². The molecule has 0 saturated carbocycles. The molecule has 22 heavy (non-hydrogen) atoms. The van der Waals surface area contributed by atoms with Crippen LogP contribution in [0, 0.1) is 6.92 Å². The molecule has 2 heterocycles. The minimum Gasteiger partial charge on any atom is -0.260 e. The van der Waals surface area contributed by atoms with E-state index in [0.717, 1.165) is 28.6 Å².